The zero-order valence-electron chi connectivity index (χ0n) is 16.5. The Morgan fingerprint density at radius 3 is 2.74 bits per heavy atom. The zero-order valence-corrected chi connectivity index (χ0v) is 16.5. The number of rotatable bonds is 8. The van der Waals surface area contributed by atoms with Crippen molar-refractivity contribution in [3.63, 3.8) is 0 Å². The Hall–Kier alpha value is -3.00. The van der Waals surface area contributed by atoms with Gasteiger partial charge < -0.3 is 14.6 Å². The number of amides is 1. The van der Waals surface area contributed by atoms with Gasteiger partial charge in [-0.3, -0.25) is 4.79 Å². The molecule has 5 nitrogen and oxygen atoms in total. The predicted octanol–water partition coefficient (Wildman–Crippen LogP) is 4.14. The molecule has 1 aromatic carbocycles. The monoisotopic (exact) mass is 365 g/mol. The SMILES string of the molecule is CCCCn1c(C)cc(/C=C(\C#N)C(=O)NCc2ccccc2OC)c1C. The molecule has 0 aliphatic rings. The topological polar surface area (TPSA) is 67.0 Å². The second-order valence-electron chi connectivity index (χ2n) is 6.50. The number of aromatic nitrogens is 1. The van der Waals surface area contributed by atoms with Gasteiger partial charge in [0.05, 0.1) is 7.11 Å². The smallest absolute Gasteiger partial charge is 0.262 e. The zero-order chi connectivity index (χ0) is 19.8. The van der Waals surface area contributed by atoms with Gasteiger partial charge in [0.2, 0.25) is 0 Å². The maximum Gasteiger partial charge on any atom is 0.262 e. The highest BCUT2D eigenvalue weighted by atomic mass is 16.5. The van der Waals surface area contributed by atoms with Crippen molar-refractivity contribution in [3.05, 3.63) is 58.4 Å². The lowest BCUT2D eigenvalue weighted by Gasteiger charge is -2.09. The van der Waals surface area contributed by atoms with E-state index in [-0.39, 0.29) is 11.5 Å². The number of carbonyl (C=O) groups is 1. The average molecular weight is 365 g/mol. The van der Waals surface area contributed by atoms with Crippen LogP contribution in [0.3, 0.4) is 0 Å². The molecule has 142 valence electrons. The Morgan fingerprint density at radius 2 is 2.07 bits per heavy atom. The second kappa shape index (κ2) is 9.63. The minimum absolute atomic E-state index is 0.0978. The van der Waals surface area contributed by atoms with Crippen LogP contribution in [0, 0.1) is 25.2 Å². The lowest BCUT2D eigenvalue weighted by molar-refractivity contribution is -0.117. The molecule has 1 amide bonds. The maximum absolute atomic E-state index is 12.5. The molecule has 0 fully saturated rings. The third kappa shape index (κ3) is 5.01. The van der Waals surface area contributed by atoms with E-state index < -0.39 is 0 Å². The van der Waals surface area contributed by atoms with Crippen molar-refractivity contribution in [1.82, 2.24) is 9.88 Å². The summed E-state index contributed by atoms with van der Waals surface area (Å²) in [7, 11) is 1.59. The van der Waals surface area contributed by atoms with E-state index in [1.165, 1.54) is 0 Å². The Morgan fingerprint density at radius 1 is 1.33 bits per heavy atom. The molecule has 5 heteroatoms. The first-order valence-electron chi connectivity index (χ1n) is 9.20. The number of benzene rings is 1. The molecule has 0 unspecified atom stereocenters. The van der Waals surface area contributed by atoms with Crippen LogP contribution in [0.25, 0.3) is 6.08 Å². The molecule has 0 saturated heterocycles. The summed E-state index contributed by atoms with van der Waals surface area (Å²) in [5.74, 6) is 0.321. The molecule has 0 bridgehead atoms. The predicted molar refractivity (Wildman–Crippen MR) is 107 cm³/mol. The third-order valence-electron chi connectivity index (χ3n) is 4.64. The first-order chi connectivity index (χ1) is 13.0. The molecular formula is C22H27N3O2. The van der Waals surface area contributed by atoms with E-state index in [0.29, 0.717) is 12.3 Å². The Bertz CT molecular complexity index is 872. The summed E-state index contributed by atoms with van der Waals surface area (Å²) in [6.45, 7) is 7.49. The maximum atomic E-state index is 12.5. The van der Waals surface area contributed by atoms with Gasteiger partial charge >= 0.3 is 0 Å². The van der Waals surface area contributed by atoms with Crippen molar-refractivity contribution in [2.45, 2.75) is 46.7 Å². The van der Waals surface area contributed by atoms with Crippen LogP contribution in [0.4, 0.5) is 0 Å². The number of hydrogen-bond donors (Lipinski definition) is 1. The van der Waals surface area contributed by atoms with Gasteiger partial charge in [0.1, 0.15) is 17.4 Å². The number of hydrogen-bond acceptors (Lipinski definition) is 3. The van der Waals surface area contributed by atoms with Crippen LogP contribution in [0.15, 0.2) is 35.9 Å². The summed E-state index contributed by atoms with van der Waals surface area (Å²) in [5.41, 5.74) is 4.08. The van der Waals surface area contributed by atoms with E-state index >= 15 is 0 Å². The summed E-state index contributed by atoms with van der Waals surface area (Å²) >= 11 is 0. The van der Waals surface area contributed by atoms with Gasteiger partial charge in [0.25, 0.3) is 5.91 Å². The van der Waals surface area contributed by atoms with Crippen LogP contribution in [0.1, 0.15) is 42.3 Å². The number of ether oxygens (including phenoxy) is 1. The molecule has 27 heavy (non-hydrogen) atoms. The van der Waals surface area contributed by atoms with Crippen LogP contribution >= 0.6 is 0 Å². The number of nitriles is 1. The highest BCUT2D eigenvalue weighted by Crippen LogP contribution is 2.20. The number of nitrogens with one attached hydrogen (secondary N) is 1. The number of para-hydroxylation sites is 1. The van der Waals surface area contributed by atoms with E-state index in [4.69, 9.17) is 4.74 Å². The standard InChI is InChI=1S/C22H27N3O2/c1-5-6-11-25-16(2)12-19(17(25)3)13-20(14-23)22(26)24-15-18-9-7-8-10-21(18)27-4/h7-10,12-13H,5-6,11,15H2,1-4H3,(H,24,26)/b20-13+. The molecule has 0 radical (unpaired) electrons. The highest BCUT2D eigenvalue weighted by Gasteiger charge is 2.13. The molecule has 0 spiro atoms. The van der Waals surface area contributed by atoms with Crippen molar-refractivity contribution in [2.24, 2.45) is 0 Å². The Balaban J connectivity index is 2.16. The lowest BCUT2D eigenvalue weighted by Crippen LogP contribution is -2.24. The van der Waals surface area contributed by atoms with Crippen LogP contribution in [-0.2, 0) is 17.9 Å². The summed E-state index contributed by atoms with van der Waals surface area (Å²) in [4.78, 5) is 12.5. The van der Waals surface area contributed by atoms with Gasteiger partial charge in [0.15, 0.2) is 0 Å². The van der Waals surface area contributed by atoms with Gasteiger partial charge in [-0.25, -0.2) is 0 Å². The van der Waals surface area contributed by atoms with Crippen molar-refractivity contribution >= 4 is 12.0 Å². The van der Waals surface area contributed by atoms with Crippen molar-refractivity contribution < 1.29 is 9.53 Å². The van der Waals surface area contributed by atoms with E-state index in [9.17, 15) is 10.1 Å². The molecule has 1 aromatic heterocycles. The number of carbonyl (C=O) groups excluding carboxylic acids is 1. The number of aryl methyl sites for hydroxylation is 1. The van der Waals surface area contributed by atoms with E-state index in [0.717, 1.165) is 41.9 Å². The van der Waals surface area contributed by atoms with Crippen LogP contribution < -0.4 is 10.1 Å². The summed E-state index contributed by atoms with van der Waals surface area (Å²) < 4.78 is 7.52. The van der Waals surface area contributed by atoms with Gasteiger partial charge in [0, 0.05) is 30.0 Å². The number of methoxy groups -OCH3 is 1. The van der Waals surface area contributed by atoms with Crippen LogP contribution in [0.5, 0.6) is 5.75 Å². The van der Waals surface area contributed by atoms with Crippen LogP contribution in [-0.4, -0.2) is 17.6 Å². The van der Waals surface area contributed by atoms with Crippen LogP contribution in [0.2, 0.25) is 0 Å². The molecule has 1 heterocycles. The van der Waals surface area contributed by atoms with Gasteiger partial charge in [-0.15, -0.1) is 0 Å². The van der Waals surface area contributed by atoms with E-state index in [2.05, 4.69) is 16.8 Å². The fourth-order valence-electron chi connectivity index (χ4n) is 3.06. The van der Waals surface area contributed by atoms with Gasteiger partial charge in [-0.05, 0) is 44.0 Å². The van der Waals surface area contributed by atoms with Gasteiger partial charge in [-0.2, -0.15) is 5.26 Å². The lowest BCUT2D eigenvalue weighted by atomic mass is 10.1. The van der Waals surface area contributed by atoms with E-state index in [1.54, 1.807) is 13.2 Å². The fourth-order valence-corrected chi connectivity index (χ4v) is 3.06. The quantitative estimate of drug-likeness (QED) is 0.565. The molecule has 0 atom stereocenters. The first kappa shape index (κ1) is 20.3. The highest BCUT2D eigenvalue weighted by molar-refractivity contribution is 6.01. The van der Waals surface area contributed by atoms with Gasteiger partial charge in [-0.1, -0.05) is 31.5 Å². The molecule has 2 aromatic rings. The Labute approximate surface area is 161 Å². The second-order valence-corrected chi connectivity index (χ2v) is 6.50. The van der Waals surface area contributed by atoms with Crippen molar-refractivity contribution in [3.8, 4) is 11.8 Å². The number of unbranched alkanes of at least 4 members (excludes halogenated alkanes) is 1. The summed E-state index contributed by atoms with van der Waals surface area (Å²) in [5, 5.41) is 12.3. The minimum atomic E-state index is -0.387. The van der Waals surface area contributed by atoms with Crippen molar-refractivity contribution in [1.29, 1.82) is 5.26 Å². The normalized spacial score (nSPS) is 11.1. The largest absolute Gasteiger partial charge is 0.496 e. The average Bonchev–Trinajstić information content (AvgIpc) is 2.95. The first-order valence-corrected chi connectivity index (χ1v) is 9.20. The third-order valence-corrected chi connectivity index (χ3v) is 4.64. The Kier molecular flexibility index (Phi) is 7.25. The molecule has 0 saturated carbocycles. The fraction of sp³-hybridized carbons (Fsp3) is 0.364. The molecule has 0 aliphatic heterocycles. The molecule has 0 aliphatic carbocycles. The molecule has 1 N–H and O–H groups in total. The molecule has 2 rings (SSSR count). The molecular weight excluding hydrogens is 338 g/mol. The summed E-state index contributed by atoms with van der Waals surface area (Å²) in [6, 6.07) is 11.5. The minimum Gasteiger partial charge on any atom is -0.496 e. The number of nitrogens with zero attached hydrogens (tertiary/aromatic N) is 2. The van der Waals surface area contributed by atoms with Crippen molar-refractivity contribution in [2.75, 3.05) is 7.11 Å². The summed E-state index contributed by atoms with van der Waals surface area (Å²) in [6.07, 6.45) is 3.89. The van der Waals surface area contributed by atoms with E-state index in [1.807, 2.05) is 50.2 Å².